The van der Waals surface area contributed by atoms with E-state index in [9.17, 15) is 39.0 Å². The number of hydrogen-bond acceptors (Lipinski definition) is 22. The monoisotopic (exact) mass is 1360 g/mol. The minimum atomic E-state index is -2.47. The number of carbonyl (C=O) groups is 6. The van der Waals surface area contributed by atoms with Crippen LogP contribution in [0.4, 0.5) is 4.79 Å². The first-order valence-electron chi connectivity index (χ1n) is 35.2. The van der Waals surface area contributed by atoms with Crippen molar-refractivity contribution in [2.24, 2.45) is 35.3 Å². The number of likely N-dealkylation sites (tertiary alicyclic amines) is 1. The van der Waals surface area contributed by atoms with Crippen molar-refractivity contribution in [2.75, 3.05) is 127 Å². The number of ether oxygens (including phenoxy) is 12. The lowest BCUT2D eigenvalue weighted by Gasteiger charge is -2.43. The van der Waals surface area contributed by atoms with Crippen LogP contribution in [0.3, 0.4) is 0 Å². The molecule has 5 aliphatic rings. The molecule has 5 rings (SSSR count). The summed E-state index contributed by atoms with van der Waals surface area (Å²) in [5.74, 6) is -7.46. The molecule has 2 bridgehead atoms. The molecule has 3 saturated heterocycles. The minimum Gasteiger partial charge on any atom is -0.459 e. The number of allylic oxidation sites excluding steroid dienone is 5. The van der Waals surface area contributed by atoms with E-state index in [-0.39, 0.29) is 55.5 Å². The molecule has 16 atom stereocenters. The number of nitrogens with one attached hydrogen (secondary N) is 2. The number of aliphatic hydroxyl groups is 2. The molecule has 25 nitrogen and oxygen atoms in total. The smallest absolute Gasteiger partial charge is 0.407 e. The number of alkyl carbamates (subject to hydrolysis) is 1. The van der Waals surface area contributed by atoms with Crippen molar-refractivity contribution < 1.29 is 95.8 Å². The zero-order valence-electron chi connectivity index (χ0n) is 59.4. The normalized spacial score (nSPS) is 33.2. The highest BCUT2D eigenvalue weighted by Gasteiger charge is 2.53. The molecule has 0 aromatic heterocycles. The van der Waals surface area contributed by atoms with Crippen molar-refractivity contribution in [3.63, 3.8) is 0 Å². The molecule has 96 heavy (non-hydrogen) atoms. The summed E-state index contributed by atoms with van der Waals surface area (Å²) in [6, 6.07) is -2.13. The second kappa shape index (κ2) is 43.8. The largest absolute Gasteiger partial charge is 0.459 e. The van der Waals surface area contributed by atoms with E-state index in [1.54, 1.807) is 28.1 Å². The molecule has 0 aromatic carbocycles. The molecule has 4 aliphatic heterocycles. The molecule has 4 fully saturated rings. The highest BCUT2D eigenvalue weighted by Crippen LogP contribution is 2.38. The number of aliphatic hydroxyl groups excluding tert-OH is 1. The number of rotatable bonds is 27. The Labute approximate surface area is 570 Å². The number of carbonyl (C=O) groups excluding carboxylic acids is 6. The van der Waals surface area contributed by atoms with Crippen LogP contribution >= 0.6 is 0 Å². The summed E-state index contributed by atoms with van der Waals surface area (Å²) in [5, 5.41) is 29.8. The fourth-order valence-electron chi connectivity index (χ4n) is 13.6. The summed E-state index contributed by atoms with van der Waals surface area (Å²) in [6.07, 6.45) is 10.8. The van der Waals surface area contributed by atoms with E-state index < -0.39 is 108 Å². The summed E-state index contributed by atoms with van der Waals surface area (Å²) < 4.78 is 69.7. The van der Waals surface area contributed by atoms with Crippen molar-refractivity contribution in [3.05, 3.63) is 47.6 Å². The molecule has 25 heteroatoms. The zero-order valence-corrected chi connectivity index (χ0v) is 59.4. The molecule has 0 unspecified atom stereocenters. The van der Waals surface area contributed by atoms with Crippen LogP contribution in [0.5, 0.6) is 0 Å². The van der Waals surface area contributed by atoms with Gasteiger partial charge in [-0.05, 0) is 121 Å². The minimum absolute atomic E-state index is 0.00560. The lowest BCUT2D eigenvalue weighted by Crippen LogP contribution is -2.61. The number of Topliss-reactive ketones (excluding diaryl/α,β-unsaturated/α-hetero) is 2. The van der Waals surface area contributed by atoms with Crippen molar-refractivity contribution in [3.8, 4) is 0 Å². The number of methoxy groups -OCH3 is 4. The van der Waals surface area contributed by atoms with Gasteiger partial charge in [0.1, 0.15) is 30.5 Å². The van der Waals surface area contributed by atoms with Crippen LogP contribution in [0.15, 0.2) is 47.6 Å². The topological polar surface area (TPSA) is 310 Å². The molecular weight excluding hydrogens is 1240 g/mol. The van der Waals surface area contributed by atoms with Crippen LogP contribution in [-0.2, 0) is 80.8 Å². The highest BCUT2D eigenvalue weighted by atomic mass is 16.6. The van der Waals surface area contributed by atoms with E-state index in [2.05, 4.69) is 15.5 Å². The second-order valence-electron chi connectivity index (χ2n) is 26.8. The Hall–Kier alpha value is -4.58. The number of hydrogen-bond donors (Lipinski definition) is 5. The van der Waals surface area contributed by atoms with E-state index in [0.717, 1.165) is 5.57 Å². The standard InChI is InChI=1S/C71H119N5O20/c1-12-89-32-33-91-36-37-93-39-38-92-35-34-90-31-27-73-63(77)46-75-29-25-54(26-30-75)74-70(83)95-58-24-22-53(43-62(58)87-10)42-56(72)61-45-60(86-9)49(4)41-51(6)65(79)66(88-11)64(78)50(5)40-47(2)18-14-13-15-19-48(3)59(85-8)44-55-23-21-52(7)71(84,96-55)67(80)68(81)76-28-17-16-20-57(76)69(82)94-61/h13-15,18-19,41,47,49-50,52-62,65-66,79,84H,12,16-17,20-40,42-46,72H2,1-11H3,(H,73,77)(H,74,83)/b15-13+,18-14+,48-19+,51-41+/t47-,49-,50-,52-,53+,55+,56-,57+,58-,59+,60-,61+,62-,65-,66+,71-/m1/s1. The average molecular weight is 1360 g/mol. The van der Waals surface area contributed by atoms with Crippen LogP contribution in [0.1, 0.15) is 138 Å². The van der Waals surface area contributed by atoms with Gasteiger partial charge >= 0.3 is 12.1 Å². The summed E-state index contributed by atoms with van der Waals surface area (Å²) in [5.41, 5.74) is 8.55. The first kappa shape index (κ1) is 82.1. The van der Waals surface area contributed by atoms with Gasteiger partial charge in [0.2, 0.25) is 11.7 Å². The third kappa shape index (κ3) is 26.8. The van der Waals surface area contributed by atoms with Crippen LogP contribution in [0.25, 0.3) is 0 Å². The van der Waals surface area contributed by atoms with Crippen molar-refractivity contribution in [1.82, 2.24) is 20.4 Å². The Kier molecular flexibility index (Phi) is 37.5. The van der Waals surface area contributed by atoms with E-state index >= 15 is 0 Å². The van der Waals surface area contributed by atoms with E-state index in [1.807, 2.05) is 71.1 Å². The molecule has 3 amide bonds. The van der Waals surface area contributed by atoms with Gasteiger partial charge in [-0.2, -0.15) is 0 Å². The SMILES string of the molecule is CCOCCOCCOCCOCCOCCNC(=O)CN1CCC(NC(=O)O[C@@H]2CC[C@@H](C[C@@H](N)[C@@H]3C[C@@H](OC)[C@H](C)/C=C(\C)[C@@H](O)[C@@H](OC)C(=O)[C@H](C)C[C@H](C)/C=C/C=C/C=C(\C)[C@@H](OC)C[C@@H]4CC[C@@H](C)[C@@](O)(O4)C(=O)C(=O)N4CCCC[C@H]4C(=O)O3)C[C@H]2OC)CC1. The first-order valence-corrected chi connectivity index (χ1v) is 35.2. The van der Waals surface area contributed by atoms with Gasteiger partial charge in [-0.1, -0.05) is 64.2 Å². The summed E-state index contributed by atoms with van der Waals surface area (Å²) in [7, 11) is 6.08. The molecule has 0 radical (unpaired) electrons. The van der Waals surface area contributed by atoms with Gasteiger partial charge in [0.15, 0.2) is 5.78 Å². The van der Waals surface area contributed by atoms with Crippen LogP contribution in [0.2, 0.25) is 0 Å². The molecule has 0 spiro atoms. The number of cyclic esters (lactones) is 1. The molecule has 1 aliphatic carbocycles. The lowest BCUT2D eigenvalue weighted by molar-refractivity contribution is -0.265. The Morgan fingerprint density at radius 3 is 2.01 bits per heavy atom. The van der Waals surface area contributed by atoms with Gasteiger partial charge in [0, 0.05) is 104 Å². The highest BCUT2D eigenvalue weighted by molar-refractivity contribution is 6.39. The van der Waals surface area contributed by atoms with Gasteiger partial charge in [-0.3, -0.25) is 24.1 Å². The number of ketones is 2. The number of piperidine rings is 2. The second-order valence-corrected chi connectivity index (χ2v) is 26.8. The van der Waals surface area contributed by atoms with Crippen LogP contribution in [-0.4, -0.2) is 255 Å². The predicted octanol–water partition coefficient (Wildman–Crippen LogP) is 5.74. The molecular formula is C71H119N5O20. The van der Waals surface area contributed by atoms with Crippen LogP contribution in [0, 0.1) is 29.6 Å². The average Bonchev–Trinajstić information content (AvgIpc) is 0.779. The Morgan fingerprint density at radius 1 is 0.719 bits per heavy atom. The number of nitrogens with two attached hydrogens (primary N) is 1. The molecule has 548 valence electrons. The molecule has 1 saturated carbocycles. The first-order chi connectivity index (χ1) is 46.1. The predicted molar refractivity (Wildman–Crippen MR) is 359 cm³/mol. The van der Waals surface area contributed by atoms with E-state index in [4.69, 9.17) is 62.6 Å². The number of esters is 1. The number of nitrogens with zero attached hydrogens (tertiary/aromatic N) is 2. The van der Waals surface area contributed by atoms with Gasteiger partial charge in [0.05, 0.1) is 90.4 Å². The Balaban J connectivity index is 1.21. The van der Waals surface area contributed by atoms with Gasteiger partial charge in [-0.25, -0.2) is 9.59 Å². The number of amides is 3. The quantitative estimate of drug-likeness (QED) is 0.0284. The molecule has 0 aromatic rings. The van der Waals surface area contributed by atoms with Crippen LogP contribution < -0.4 is 16.4 Å². The Bertz CT molecular complexity index is 2480. The summed E-state index contributed by atoms with van der Waals surface area (Å²) >= 11 is 0. The van der Waals surface area contributed by atoms with Gasteiger partial charge in [0.25, 0.3) is 11.7 Å². The van der Waals surface area contributed by atoms with Crippen molar-refractivity contribution in [2.45, 2.75) is 211 Å². The maximum absolute atomic E-state index is 14.8. The molecule has 6 N–H and O–H groups in total. The Morgan fingerprint density at radius 2 is 1.38 bits per heavy atom. The summed E-state index contributed by atoms with van der Waals surface area (Å²) in [4.78, 5) is 87.3. The maximum Gasteiger partial charge on any atom is 0.407 e. The van der Waals surface area contributed by atoms with Crippen molar-refractivity contribution in [1.29, 1.82) is 0 Å². The fraction of sp³-hybridized carbons (Fsp3) is 0.803. The summed E-state index contributed by atoms with van der Waals surface area (Å²) in [6.45, 7) is 19.7. The van der Waals surface area contributed by atoms with E-state index in [1.165, 1.54) is 19.1 Å². The maximum atomic E-state index is 14.8. The lowest BCUT2D eigenvalue weighted by atomic mass is 9.80. The fourth-order valence-corrected chi connectivity index (χ4v) is 13.6. The van der Waals surface area contributed by atoms with E-state index in [0.29, 0.717) is 168 Å². The van der Waals surface area contributed by atoms with Gasteiger partial charge in [-0.15, -0.1) is 0 Å². The van der Waals surface area contributed by atoms with Crippen molar-refractivity contribution >= 4 is 35.4 Å². The van der Waals surface area contributed by atoms with Gasteiger partial charge < -0.3 is 88.3 Å². The molecule has 4 heterocycles. The third-order valence-electron chi connectivity index (χ3n) is 19.4. The third-order valence-corrected chi connectivity index (χ3v) is 19.4. The number of fused-ring (bicyclic) bond motifs is 3. The zero-order chi connectivity index (χ0) is 70.2.